The Kier molecular flexibility index (Phi) is 4.33. The van der Waals surface area contributed by atoms with E-state index in [0.717, 1.165) is 50.0 Å². The minimum absolute atomic E-state index is 0.0369. The Labute approximate surface area is 146 Å². The number of fused-ring (bicyclic) bond motifs is 1. The SMILES string of the molecule is Cc1nsnc1C(=O)N1CCN(C2CCc3ccccc3C2)CC1. The summed E-state index contributed by atoms with van der Waals surface area (Å²) in [7, 11) is 0. The zero-order chi connectivity index (χ0) is 16.5. The van der Waals surface area contributed by atoms with Crippen molar-refractivity contribution in [2.75, 3.05) is 26.2 Å². The lowest BCUT2D eigenvalue weighted by atomic mass is 9.87. The van der Waals surface area contributed by atoms with Crippen molar-refractivity contribution in [3.05, 3.63) is 46.8 Å². The Morgan fingerprint density at radius 3 is 2.58 bits per heavy atom. The van der Waals surface area contributed by atoms with Gasteiger partial charge in [-0.3, -0.25) is 9.69 Å². The van der Waals surface area contributed by atoms with Crippen LogP contribution < -0.4 is 0 Å². The lowest BCUT2D eigenvalue weighted by Gasteiger charge is -2.41. The summed E-state index contributed by atoms with van der Waals surface area (Å²) < 4.78 is 8.27. The van der Waals surface area contributed by atoms with Crippen molar-refractivity contribution in [2.24, 2.45) is 0 Å². The molecule has 2 aromatic rings. The first-order valence-corrected chi connectivity index (χ1v) is 9.34. The number of benzene rings is 1. The lowest BCUT2D eigenvalue weighted by molar-refractivity contribution is 0.0548. The number of carbonyl (C=O) groups excluding carboxylic acids is 1. The normalized spacial score (nSPS) is 21.5. The number of aromatic nitrogens is 2. The number of rotatable bonds is 2. The van der Waals surface area contributed by atoms with Crippen LogP contribution in [0.15, 0.2) is 24.3 Å². The number of aryl methyl sites for hydroxylation is 2. The topological polar surface area (TPSA) is 49.3 Å². The molecular weight excluding hydrogens is 320 g/mol. The summed E-state index contributed by atoms with van der Waals surface area (Å²) in [6.07, 6.45) is 3.53. The van der Waals surface area contributed by atoms with Crippen LogP contribution in [0.1, 0.15) is 33.7 Å². The Morgan fingerprint density at radius 2 is 1.88 bits per heavy atom. The van der Waals surface area contributed by atoms with Gasteiger partial charge in [-0.1, -0.05) is 24.3 Å². The molecule has 1 atom stereocenters. The molecule has 6 heteroatoms. The van der Waals surface area contributed by atoms with Crippen LogP contribution in [0.25, 0.3) is 0 Å². The number of amides is 1. The summed E-state index contributed by atoms with van der Waals surface area (Å²) in [5, 5.41) is 0. The molecular formula is C18H22N4OS. The molecule has 0 spiro atoms. The third-order valence-corrected chi connectivity index (χ3v) is 5.91. The highest BCUT2D eigenvalue weighted by atomic mass is 32.1. The molecule has 4 rings (SSSR count). The van der Waals surface area contributed by atoms with Crippen molar-refractivity contribution in [2.45, 2.75) is 32.2 Å². The molecule has 24 heavy (non-hydrogen) atoms. The third-order valence-electron chi connectivity index (χ3n) is 5.29. The second-order valence-electron chi connectivity index (χ2n) is 6.69. The van der Waals surface area contributed by atoms with Crippen LogP contribution in [-0.4, -0.2) is 56.7 Å². The quantitative estimate of drug-likeness (QED) is 0.839. The van der Waals surface area contributed by atoms with E-state index in [4.69, 9.17) is 0 Å². The van der Waals surface area contributed by atoms with Crippen molar-refractivity contribution >= 4 is 17.6 Å². The molecule has 1 unspecified atom stereocenters. The first-order valence-electron chi connectivity index (χ1n) is 8.61. The highest BCUT2D eigenvalue weighted by Crippen LogP contribution is 2.25. The fourth-order valence-corrected chi connectivity index (χ4v) is 4.40. The van der Waals surface area contributed by atoms with Gasteiger partial charge in [0.15, 0.2) is 5.69 Å². The summed E-state index contributed by atoms with van der Waals surface area (Å²) >= 11 is 1.12. The first-order chi connectivity index (χ1) is 11.7. The van der Waals surface area contributed by atoms with Gasteiger partial charge >= 0.3 is 0 Å². The summed E-state index contributed by atoms with van der Waals surface area (Å²) in [6.45, 7) is 5.33. The lowest BCUT2D eigenvalue weighted by Crippen LogP contribution is -2.53. The van der Waals surface area contributed by atoms with Crippen LogP contribution in [0.2, 0.25) is 0 Å². The van der Waals surface area contributed by atoms with Crippen molar-refractivity contribution in [1.29, 1.82) is 0 Å². The monoisotopic (exact) mass is 342 g/mol. The number of hydrogen-bond acceptors (Lipinski definition) is 5. The van der Waals surface area contributed by atoms with Gasteiger partial charge in [-0.2, -0.15) is 8.75 Å². The van der Waals surface area contributed by atoms with Gasteiger partial charge in [-0.05, 0) is 37.3 Å². The smallest absolute Gasteiger partial charge is 0.275 e. The van der Waals surface area contributed by atoms with E-state index in [2.05, 4.69) is 37.9 Å². The summed E-state index contributed by atoms with van der Waals surface area (Å²) in [6, 6.07) is 9.41. The molecule has 0 radical (unpaired) electrons. The van der Waals surface area contributed by atoms with Gasteiger partial charge < -0.3 is 4.90 Å². The predicted octanol–water partition coefficient (Wildman–Crippen LogP) is 2.16. The fraction of sp³-hybridized carbons (Fsp3) is 0.500. The molecule has 0 saturated carbocycles. The minimum atomic E-state index is 0.0369. The molecule has 1 fully saturated rings. The average molecular weight is 342 g/mol. The number of carbonyl (C=O) groups is 1. The molecule has 1 aliphatic carbocycles. The zero-order valence-electron chi connectivity index (χ0n) is 13.9. The molecule has 0 bridgehead atoms. The molecule has 5 nitrogen and oxygen atoms in total. The average Bonchev–Trinajstić information content (AvgIpc) is 3.07. The molecule has 1 amide bonds. The van der Waals surface area contributed by atoms with E-state index >= 15 is 0 Å². The van der Waals surface area contributed by atoms with Gasteiger partial charge in [-0.25, -0.2) is 0 Å². The third kappa shape index (κ3) is 2.96. The molecule has 1 saturated heterocycles. The van der Waals surface area contributed by atoms with Crippen molar-refractivity contribution in [3.63, 3.8) is 0 Å². The van der Waals surface area contributed by atoms with E-state index in [1.54, 1.807) is 0 Å². The highest BCUT2D eigenvalue weighted by Gasteiger charge is 2.30. The van der Waals surface area contributed by atoms with E-state index < -0.39 is 0 Å². The van der Waals surface area contributed by atoms with Crippen molar-refractivity contribution in [1.82, 2.24) is 18.5 Å². The zero-order valence-corrected chi connectivity index (χ0v) is 14.8. The molecule has 1 aliphatic heterocycles. The van der Waals surface area contributed by atoms with E-state index in [-0.39, 0.29) is 5.91 Å². The first kappa shape index (κ1) is 15.7. The van der Waals surface area contributed by atoms with Crippen molar-refractivity contribution < 1.29 is 4.79 Å². The number of nitrogens with zero attached hydrogens (tertiary/aromatic N) is 4. The molecule has 1 aromatic heterocycles. The standard InChI is InChI=1S/C18H22N4OS/c1-13-17(20-24-19-13)18(23)22-10-8-21(9-11-22)16-7-6-14-4-2-3-5-15(14)12-16/h2-5,16H,6-12H2,1H3. The molecule has 0 N–H and O–H groups in total. The van der Waals surface area contributed by atoms with Gasteiger partial charge in [0.2, 0.25) is 0 Å². The molecule has 2 aliphatic rings. The van der Waals surface area contributed by atoms with Gasteiger partial charge in [-0.15, -0.1) is 0 Å². The van der Waals surface area contributed by atoms with Crippen LogP contribution in [0.5, 0.6) is 0 Å². The Bertz CT molecular complexity index is 736. The predicted molar refractivity (Wildman–Crippen MR) is 94.4 cm³/mol. The van der Waals surface area contributed by atoms with Crippen LogP contribution in [0.4, 0.5) is 0 Å². The highest BCUT2D eigenvalue weighted by molar-refractivity contribution is 6.99. The minimum Gasteiger partial charge on any atom is -0.335 e. The number of piperazine rings is 1. The van der Waals surface area contributed by atoms with Gasteiger partial charge in [0.25, 0.3) is 5.91 Å². The van der Waals surface area contributed by atoms with Crippen LogP contribution in [0.3, 0.4) is 0 Å². The van der Waals surface area contributed by atoms with Gasteiger partial charge in [0.1, 0.15) is 0 Å². The molecule has 126 valence electrons. The van der Waals surface area contributed by atoms with Crippen molar-refractivity contribution in [3.8, 4) is 0 Å². The maximum atomic E-state index is 12.5. The van der Waals surface area contributed by atoms with Crippen LogP contribution in [0, 0.1) is 6.92 Å². The van der Waals surface area contributed by atoms with E-state index in [1.165, 1.54) is 24.0 Å². The summed E-state index contributed by atoms with van der Waals surface area (Å²) in [4.78, 5) is 17.0. The Morgan fingerprint density at radius 1 is 1.12 bits per heavy atom. The van der Waals surface area contributed by atoms with E-state index in [1.807, 2.05) is 11.8 Å². The van der Waals surface area contributed by atoms with Gasteiger partial charge in [0, 0.05) is 32.2 Å². The second kappa shape index (κ2) is 6.61. The van der Waals surface area contributed by atoms with E-state index in [9.17, 15) is 4.79 Å². The molecule has 2 heterocycles. The van der Waals surface area contributed by atoms with Crippen LogP contribution >= 0.6 is 11.7 Å². The summed E-state index contributed by atoms with van der Waals surface area (Å²) in [5.74, 6) is 0.0369. The molecule has 1 aromatic carbocycles. The largest absolute Gasteiger partial charge is 0.335 e. The Hall–Kier alpha value is -1.79. The van der Waals surface area contributed by atoms with E-state index in [0.29, 0.717) is 11.7 Å². The number of hydrogen-bond donors (Lipinski definition) is 0. The fourth-order valence-electron chi connectivity index (χ4n) is 3.86. The summed E-state index contributed by atoms with van der Waals surface area (Å²) in [5.41, 5.74) is 4.28. The van der Waals surface area contributed by atoms with Crippen LogP contribution in [-0.2, 0) is 12.8 Å². The Balaban J connectivity index is 1.37. The maximum absolute atomic E-state index is 12.5. The van der Waals surface area contributed by atoms with Gasteiger partial charge in [0.05, 0.1) is 17.4 Å². The second-order valence-corrected chi connectivity index (χ2v) is 7.22. The maximum Gasteiger partial charge on any atom is 0.275 e.